The first-order valence-electron chi connectivity index (χ1n) is 20.1. The Balaban J connectivity index is 1.11. The molecular weight excluding hydrogens is 737 g/mol. The Hall–Kier alpha value is -8.15. The summed E-state index contributed by atoms with van der Waals surface area (Å²) in [7, 11) is 0. The van der Waals surface area contributed by atoms with Gasteiger partial charge < -0.3 is 18.3 Å². The Labute approximate surface area is 344 Å². The van der Waals surface area contributed by atoms with Gasteiger partial charge in [0.2, 0.25) is 5.43 Å². The molecule has 0 aliphatic carbocycles. The van der Waals surface area contributed by atoms with Crippen LogP contribution >= 0.6 is 0 Å². The fourth-order valence-corrected chi connectivity index (χ4v) is 9.00. The second kappa shape index (κ2) is 13.5. The van der Waals surface area contributed by atoms with Crippen molar-refractivity contribution in [2.45, 2.75) is 0 Å². The van der Waals surface area contributed by atoms with Gasteiger partial charge in [0.1, 0.15) is 16.7 Å². The van der Waals surface area contributed by atoms with Gasteiger partial charge in [-0.3, -0.25) is 4.79 Å². The monoisotopic (exact) mass is 770 g/mol. The highest BCUT2D eigenvalue weighted by molar-refractivity contribution is 6.19. The smallest absolute Gasteiger partial charge is 0.200 e. The van der Waals surface area contributed by atoms with Gasteiger partial charge >= 0.3 is 0 Å². The van der Waals surface area contributed by atoms with Crippen molar-refractivity contribution in [1.82, 2.24) is 4.57 Å². The van der Waals surface area contributed by atoms with Gasteiger partial charge in [0.25, 0.3) is 0 Å². The molecular formula is C55H34N2O3. The zero-order valence-corrected chi connectivity index (χ0v) is 32.2. The summed E-state index contributed by atoms with van der Waals surface area (Å²) in [6.07, 6.45) is 0. The molecule has 0 atom stereocenters. The molecule has 0 fully saturated rings. The van der Waals surface area contributed by atoms with E-state index in [1.54, 1.807) is 0 Å². The maximum atomic E-state index is 13.4. The molecule has 0 aliphatic rings. The summed E-state index contributed by atoms with van der Waals surface area (Å²) >= 11 is 0. The minimum Gasteiger partial charge on any atom is -0.456 e. The van der Waals surface area contributed by atoms with Crippen LogP contribution in [0, 0.1) is 0 Å². The molecule has 0 amide bonds. The number of nitrogens with zero attached hydrogens (tertiary/aromatic N) is 2. The number of anilines is 3. The van der Waals surface area contributed by atoms with E-state index in [0.29, 0.717) is 21.9 Å². The molecule has 9 aromatic carbocycles. The van der Waals surface area contributed by atoms with Crippen molar-refractivity contribution >= 4 is 82.7 Å². The van der Waals surface area contributed by atoms with Gasteiger partial charge in [0.05, 0.1) is 33.2 Å². The first-order valence-corrected chi connectivity index (χ1v) is 20.1. The van der Waals surface area contributed by atoms with Crippen molar-refractivity contribution < 1.29 is 8.83 Å². The summed E-state index contributed by atoms with van der Waals surface area (Å²) in [5.74, 6) is 0. The van der Waals surface area contributed by atoms with Crippen LogP contribution in [0.3, 0.4) is 0 Å². The van der Waals surface area contributed by atoms with E-state index in [-0.39, 0.29) is 5.43 Å². The van der Waals surface area contributed by atoms with Gasteiger partial charge in [-0.25, -0.2) is 0 Å². The van der Waals surface area contributed by atoms with E-state index in [0.717, 1.165) is 83.2 Å². The molecule has 3 aromatic heterocycles. The van der Waals surface area contributed by atoms with Crippen molar-refractivity contribution in [2.24, 2.45) is 0 Å². The van der Waals surface area contributed by atoms with E-state index in [2.05, 4.69) is 155 Å². The number of benzene rings is 9. The summed E-state index contributed by atoms with van der Waals surface area (Å²) in [5, 5.41) is 5.52. The third-order valence-electron chi connectivity index (χ3n) is 11.8. The summed E-state index contributed by atoms with van der Waals surface area (Å²) in [4.78, 5) is 15.8. The molecule has 0 aliphatic heterocycles. The number of aromatic nitrogens is 1. The minimum absolute atomic E-state index is 0.0248. The Morgan fingerprint density at radius 3 is 1.77 bits per heavy atom. The molecule has 3 heterocycles. The standard InChI is InChI=1S/C55H34N2O3/c58-54-44-18-8-10-24-51(44)59-52-34-38(28-32-45(52)54)37-27-31-43-49(33-37)57(39-15-5-2-6-16-39)47-21-12-20-46(53(43)47)56(40-29-25-36(26-30-40)35-13-3-1-4-14-35)48-22-11-19-42-41-17-7-9-23-50(41)60-55(42)48/h1-34H. The van der Waals surface area contributed by atoms with Crippen LogP contribution in [0.25, 0.3) is 93.6 Å². The van der Waals surface area contributed by atoms with E-state index in [1.807, 2.05) is 60.7 Å². The molecule has 0 radical (unpaired) electrons. The van der Waals surface area contributed by atoms with Crippen LogP contribution in [0.5, 0.6) is 0 Å². The zero-order valence-electron chi connectivity index (χ0n) is 32.2. The van der Waals surface area contributed by atoms with Crippen molar-refractivity contribution in [3.05, 3.63) is 216 Å². The van der Waals surface area contributed by atoms with Gasteiger partial charge in [0, 0.05) is 32.9 Å². The van der Waals surface area contributed by atoms with Crippen molar-refractivity contribution in [3.8, 4) is 27.9 Å². The third-order valence-corrected chi connectivity index (χ3v) is 11.8. The highest BCUT2D eigenvalue weighted by Gasteiger charge is 2.24. The largest absolute Gasteiger partial charge is 0.456 e. The van der Waals surface area contributed by atoms with Gasteiger partial charge in [-0.15, -0.1) is 0 Å². The molecule has 0 N–H and O–H groups in total. The Morgan fingerprint density at radius 1 is 0.383 bits per heavy atom. The maximum absolute atomic E-state index is 13.4. The Morgan fingerprint density at radius 2 is 0.967 bits per heavy atom. The van der Waals surface area contributed by atoms with E-state index < -0.39 is 0 Å². The van der Waals surface area contributed by atoms with E-state index in [4.69, 9.17) is 8.83 Å². The van der Waals surface area contributed by atoms with E-state index >= 15 is 0 Å². The molecule has 5 heteroatoms. The van der Waals surface area contributed by atoms with E-state index in [9.17, 15) is 4.79 Å². The second-order valence-corrected chi connectivity index (χ2v) is 15.2. The number of hydrogen-bond acceptors (Lipinski definition) is 4. The molecule has 60 heavy (non-hydrogen) atoms. The average Bonchev–Trinajstić information content (AvgIpc) is 3.86. The third kappa shape index (κ3) is 5.30. The summed E-state index contributed by atoms with van der Waals surface area (Å²) in [6, 6.07) is 71.0. The van der Waals surface area contributed by atoms with Crippen LogP contribution in [0.1, 0.15) is 0 Å². The lowest BCUT2D eigenvalue weighted by molar-refractivity contribution is 0.660. The van der Waals surface area contributed by atoms with Crippen molar-refractivity contribution in [3.63, 3.8) is 0 Å². The summed E-state index contributed by atoms with van der Waals surface area (Å²) < 4.78 is 15.4. The van der Waals surface area contributed by atoms with Crippen LogP contribution in [0.2, 0.25) is 0 Å². The predicted molar refractivity (Wildman–Crippen MR) is 247 cm³/mol. The highest BCUT2D eigenvalue weighted by atomic mass is 16.3. The molecule has 0 unspecified atom stereocenters. The SMILES string of the molecule is O=c1c2ccccc2oc2cc(-c3ccc4c5c(N(c6ccc(-c7ccccc7)cc6)c6cccc7c6oc6ccccc67)cccc5n(-c5ccccc5)c4c3)ccc12. The van der Waals surface area contributed by atoms with Crippen molar-refractivity contribution in [1.29, 1.82) is 0 Å². The number of hydrogen-bond donors (Lipinski definition) is 0. The fourth-order valence-electron chi connectivity index (χ4n) is 9.00. The molecule has 12 rings (SSSR count). The molecule has 5 nitrogen and oxygen atoms in total. The average molecular weight is 771 g/mol. The van der Waals surface area contributed by atoms with Crippen LogP contribution < -0.4 is 10.3 Å². The molecule has 0 spiro atoms. The molecule has 12 aromatic rings. The van der Waals surface area contributed by atoms with Gasteiger partial charge in [-0.2, -0.15) is 0 Å². The molecule has 0 bridgehead atoms. The summed E-state index contributed by atoms with van der Waals surface area (Å²) in [5.41, 5.74) is 13.3. The molecule has 282 valence electrons. The lowest BCUT2D eigenvalue weighted by atomic mass is 10.0. The maximum Gasteiger partial charge on any atom is 0.200 e. The van der Waals surface area contributed by atoms with Gasteiger partial charge in [-0.05, 0) is 101 Å². The summed E-state index contributed by atoms with van der Waals surface area (Å²) in [6.45, 7) is 0. The first-order chi connectivity index (χ1) is 29.7. The topological polar surface area (TPSA) is 51.5 Å². The number of fused-ring (bicyclic) bond motifs is 8. The van der Waals surface area contributed by atoms with E-state index in [1.165, 1.54) is 5.56 Å². The predicted octanol–water partition coefficient (Wildman–Crippen LogP) is 14.7. The quantitative estimate of drug-likeness (QED) is 0.158. The Kier molecular flexibility index (Phi) is 7.62. The number of furan rings is 1. The van der Waals surface area contributed by atoms with Crippen LogP contribution in [-0.4, -0.2) is 4.57 Å². The highest BCUT2D eigenvalue weighted by Crippen LogP contribution is 2.47. The minimum atomic E-state index is -0.0248. The van der Waals surface area contributed by atoms with Crippen LogP contribution in [0.15, 0.2) is 220 Å². The first kappa shape index (κ1) is 33.9. The fraction of sp³-hybridized carbons (Fsp3) is 0. The van der Waals surface area contributed by atoms with Crippen LogP contribution in [-0.2, 0) is 0 Å². The normalized spacial score (nSPS) is 11.7. The molecule has 0 saturated carbocycles. The zero-order chi connectivity index (χ0) is 39.7. The van der Waals surface area contributed by atoms with Gasteiger partial charge in [0.15, 0.2) is 5.58 Å². The van der Waals surface area contributed by atoms with Crippen LogP contribution in [0.4, 0.5) is 17.1 Å². The van der Waals surface area contributed by atoms with Crippen molar-refractivity contribution in [2.75, 3.05) is 4.90 Å². The lowest BCUT2D eigenvalue weighted by Gasteiger charge is -2.27. The number of rotatable bonds is 6. The molecule has 0 saturated heterocycles. The second-order valence-electron chi connectivity index (χ2n) is 15.2. The number of para-hydroxylation sites is 4. The van der Waals surface area contributed by atoms with Gasteiger partial charge in [-0.1, -0.05) is 127 Å². The lowest BCUT2D eigenvalue weighted by Crippen LogP contribution is -2.10. The Bertz CT molecular complexity index is 3680.